The predicted octanol–water partition coefficient (Wildman–Crippen LogP) is 3.10. The standard InChI is InChI=1S/C8H13F3O/c1-6(2)4-5-7(6,3)12-8(9,10)11/h4-5H2,1-3H3. The molecule has 1 aliphatic carbocycles. The third-order valence-electron chi connectivity index (χ3n) is 3.00. The van der Waals surface area contributed by atoms with E-state index in [1.807, 2.05) is 0 Å². The average molecular weight is 182 g/mol. The summed E-state index contributed by atoms with van der Waals surface area (Å²) in [5, 5.41) is 0. The second-order valence-corrected chi connectivity index (χ2v) is 4.16. The first-order valence-electron chi connectivity index (χ1n) is 3.93. The maximum Gasteiger partial charge on any atom is 0.523 e. The Morgan fingerprint density at radius 3 is 1.67 bits per heavy atom. The normalized spacial score (nSPS) is 34.5. The summed E-state index contributed by atoms with van der Waals surface area (Å²) in [5.74, 6) is 0. The predicted molar refractivity (Wildman–Crippen MR) is 38.6 cm³/mol. The Hall–Kier alpha value is -0.250. The minimum absolute atomic E-state index is 0.359. The van der Waals surface area contributed by atoms with E-state index in [1.54, 1.807) is 13.8 Å². The highest BCUT2D eigenvalue weighted by Gasteiger charge is 2.55. The van der Waals surface area contributed by atoms with E-state index in [9.17, 15) is 13.2 Å². The second kappa shape index (κ2) is 2.37. The number of ether oxygens (including phenoxy) is 1. The smallest absolute Gasteiger partial charge is 0.285 e. The van der Waals surface area contributed by atoms with Crippen LogP contribution in [0.3, 0.4) is 0 Å². The molecule has 0 amide bonds. The Morgan fingerprint density at radius 2 is 1.58 bits per heavy atom. The van der Waals surface area contributed by atoms with E-state index in [4.69, 9.17) is 0 Å². The van der Waals surface area contributed by atoms with Crippen LogP contribution in [-0.4, -0.2) is 12.0 Å². The summed E-state index contributed by atoms with van der Waals surface area (Å²) >= 11 is 0. The van der Waals surface area contributed by atoms with Gasteiger partial charge >= 0.3 is 6.36 Å². The van der Waals surface area contributed by atoms with Gasteiger partial charge in [-0.2, -0.15) is 0 Å². The lowest BCUT2D eigenvalue weighted by Gasteiger charge is -2.53. The van der Waals surface area contributed by atoms with Gasteiger partial charge in [-0.25, -0.2) is 0 Å². The van der Waals surface area contributed by atoms with E-state index in [2.05, 4.69) is 4.74 Å². The molecule has 0 bridgehead atoms. The molecule has 0 heterocycles. The zero-order valence-electron chi connectivity index (χ0n) is 7.46. The van der Waals surface area contributed by atoms with Crippen LogP contribution in [0.5, 0.6) is 0 Å². The number of halogens is 3. The van der Waals surface area contributed by atoms with Gasteiger partial charge in [0.05, 0.1) is 5.60 Å². The van der Waals surface area contributed by atoms with E-state index in [0.29, 0.717) is 6.42 Å². The first-order valence-corrected chi connectivity index (χ1v) is 3.93. The zero-order valence-corrected chi connectivity index (χ0v) is 7.46. The maximum atomic E-state index is 11.9. The molecular formula is C8H13F3O. The molecule has 0 aromatic carbocycles. The lowest BCUT2D eigenvalue weighted by molar-refractivity contribution is -0.396. The fourth-order valence-electron chi connectivity index (χ4n) is 1.42. The molecule has 1 unspecified atom stereocenters. The van der Waals surface area contributed by atoms with Gasteiger partial charge in [0.2, 0.25) is 0 Å². The number of rotatable bonds is 1. The highest BCUT2D eigenvalue weighted by Crippen LogP contribution is 2.53. The van der Waals surface area contributed by atoms with Gasteiger partial charge in [-0.15, -0.1) is 13.2 Å². The molecule has 0 radical (unpaired) electrons. The van der Waals surface area contributed by atoms with E-state index in [0.717, 1.165) is 6.42 Å². The van der Waals surface area contributed by atoms with Crippen LogP contribution < -0.4 is 0 Å². The van der Waals surface area contributed by atoms with Crippen LogP contribution >= 0.6 is 0 Å². The molecule has 72 valence electrons. The van der Waals surface area contributed by atoms with E-state index in [1.165, 1.54) is 6.92 Å². The van der Waals surface area contributed by atoms with Crippen LogP contribution in [0.4, 0.5) is 13.2 Å². The van der Waals surface area contributed by atoms with Crippen molar-refractivity contribution in [1.29, 1.82) is 0 Å². The van der Waals surface area contributed by atoms with E-state index in [-0.39, 0.29) is 5.41 Å². The van der Waals surface area contributed by atoms with E-state index < -0.39 is 12.0 Å². The van der Waals surface area contributed by atoms with Gasteiger partial charge in [0.25, 0.3) is 0 Å². The molecule has 0 aromatic rings. The lowest BCUT2D eigenvalue weighted by atomic mass is 9.60. The summed E-state index contributed by atoms with van der Waals surface area (Å²) in [7, 11) is 0. The topological polar surface area (TPSA) is 9.23 Å². The number of hydrogen-bond donors (Lipinski definition) is 0. The molecule has 0 spiro atoms. The summed E-state index contributed by atoms with van der Waals surface area (Å²) in [6.45, 7) is 5.11. The van der Waals surface area contributed by atoms with Gasteiger partial charge in [-0.05, 0) is 25.2 Å². The third-order valence-corrected chi connectivity index (χ3v) is 3.00. The van der Waals surface area contributed by atoms with Gasteiger partial charge in [0, 0.05) is 0 Å². The van der Waals surface area contributed by atoms with Gasteiger partial charge in [-0.3, -0.25) is 4.74 Å². The summed E-state index contributed by atoms with van der Waals surface area (Å²) in [4.78, 5) is 0. The molecule has 0 saturated heterocycles. The molecule has 0 aromatic heterocycles. The van der Waals surface area contributed by atoms with Crippen LogP contribution in [0.1, 0.15) is 33.6 Å². The molecule has 1 rings (SSSR count). The van der Waals surface area contributed by atoms with Crippen LogP contribution in [0, 0.1) is 5.41 Å². The number of hydrogen-bond acceptors (Lipinski definition) is 1. The second-order valence-electron chi connectivity index (χ2n) is 4.16. The van der Waals surface area contributed by atoms with Crippen molar-refractivity contribution in [1.82, 2.24) is 0 Å². The monoisotopic (exact) mass is 182 g/mol. The minimum Gasteiger partial charge on any atom is -0.285 e. The van der Waals surface area contributed by atoms with Crippen LogP contribution in [0.25, 0.3) is 0 Å². The molecule has 1 nitrogen and oxygen atoms in total. The van der Waals surface area contributed by atoms with Crippen molar-refractivity contribution in [2.24, 2.45) is 5.41 Å². The summed E-state index contributed by atoms with van der Waals surface area (Å²) < 4.78 is 39.8. The average Bonchev–Trinajstić information content (AvgIpc) is 1.82. The quantitative estimate of drug-likeness (QED) is 0.605. The van der Waals surface area contributed by atoms with Gasteiger partial charge in [0.15, 0.2) is 0 Å². The van der Waals surface area contributed by atoms with Crippen molar-refractivity contribution >= 4 is 0 Å². The fourth-order valence-corrected chi connectivity index (χ4v) is 1.42. The summed E-state index contributed by atoms with van der Waals surface area (Å²) in [6.07, 6.45) is -3.23. The molecule has 4 heteroatoms. The Bertz CT molecular complexity index is 185. The van der Waals surface area contributed by atoms with Crippen molar-refractivity contribution in [3.8, 4) is 0 Å². The Labute approximate surface area is 69.9 Å². The zero-order chi connectivity index (χ0) is 9.62. The van der Waals surface area contributed by atoms with Crippen molar-refractivity contribution in [2.45, 2.75) is 45.6 Å². The SMILES string of the molecule is CC1(C)CCC1(C)OC(F)(F)F. The first-order chi connectivity index (χ1) is 5.16. The first kappa shape index (κ1) is 9.84. The Morgan fingerprint density at radius 1 is 1.08 bits per heavy atom. The fraction of sp³-hybridized carbons (Fsp3) is 1.00. The molecule has 1 atom stereocenters. The van der Waals surface area contributed by atoms with Crippen molar-refractivity contribution in [3.05, 3.63) is 0 Å². The minimum atomic E-state index is -4.51. The van der Waals surface area contributed by atoms with Crippen LogP contribution in [0.2, 0.25) is 0 Å². The summed E-state index contributed by atoms with van der Waals surface area (Å²) in [5.41, 5.74) is -1.38. The summed E-state index contributed by atoms with van der Waals surface area (Å²) in [6, 6.07) is 0. The number of alkyl halides is 3. The molecule has 0 aliphatic heterocycles. The van der Waals surface area contributed by atoms with Crippen molar-refractivity contribution < 1.29 is 17.9 Å². The van der Waals surface area contributed by atoms with E-state index >= 15 is 0 Å². The van der Waals surface area contributed by atoms with Crippen molar-refractivity contribution in [3.63, 3.8) is 0 Å². The van der Waals surface area contributed by atoms with Gasteiger partial charge in [0.1, 0.15) is 0 Å². The molecule has 12 heavy (non-hydrogen) atoms. The largest absolute Gasteiger partial charge is 0.523 e. The van der Waals surface area contributed by atoms with Crippen molar-refractivity contribution in [2.75, 3.05) is 0 Å². The highest BCUT2D eigenvalue weighted by atomic mass is 19.4. The molecular weight excluding hydrogens is 169 g/mol. The maximum absolute atomic E-state index is 11.9. The molecule has 1 fully saturated rings. The molecule has 0 N–H and O–H groups in total. The van der Waals surface area contributed by atoms with Crippen LogP contribution in [0.15, 0.2) is 0 Å². The Balaban J connectivity index is 2.63. The van der Waals surface area contributed by atoms with Gasteiger partial charge < -0.3 is 0 Å². The lowest BCUT2D eigenvalue weighted by Crippen LogP contribution is -2.55. The molecule has 1 aliphatic rings. The Kier molecular flexibility index (Phi) is 1.95. The molecule has 1 saturated carbocycles. The van der Waals surface area contributed by atoms with Crippen LogP contribution in [-0.2, 0) is 4.74 Å². The highest BCUT2D eigenvalue weighted by molar-refractivity contribution is 5.01. The van der Waals surface area contributed by atoms with Gasteiger partial charge in [-0.1, -0.05) is 13.8 Å². The third kappa shape index (κ3) is 1.58.